The first-order valence-electron chi connectivity index (χ1n) is 9.05. The van der Waals surface area contributed by atoms with Crippen LogP contribution in [0.4, 0.5) is 0 Å². The maximum atomic E-state index is 4.66. The quantitative estimate of drug-likeness (QED) is 0.585. The molecule has 120 valence electrons. The Labute approximate surface area is 143 Å². The van der Waals surface area contributed by atoms with E-state index in [9.17, 15) is 0 Å². The molecule has 2 heteroatoms. The van der Waals surface area contributed by atoms with E-state index in [1.165, 1.54) is 53.3 Å². The molecule has 2 aromatic carbocycles. The molecule has 2 aliphatic rings. The van der Waals surface area contributed by atoms with E-state index >= 15 is 0 Å². The van der Waals surface area contributed by atoms with Gasteiger partial charge in [-0.15, -0.1) is 0 Å². The first-order chi connectivity index (χ1) is 11.7. The molecule has 0 bridgehead atoms. The van der Waals surface area contributed by atoms with Gasteiger partial charge in [-0.25, -0.2) is 9.97 Å². The van der Waals surface area contributed by atoms with Gasteiger partial charge >= 0.3 is 0 Å². The van der Waals surface area contributed by atoms with Crippen molar-refractivity contribution in [1.29, 1.82) is 0 Å². The minimum atomic E-state index is -0.0127. The first kappa shape index (κ1) is 14.2. The van der Waals surface area contributed by atoms with Crippen molar-refractivity contribution in [2.24, 2.45) is 0 Å². The number of benzene rings is 2. The van der Waals surface area contributed by atoms with Crippen LogP contribution >= 0.6 is 0 Å². The van der Waals surface area contributed by atoms with Crippen LogP contribution in [0.5, 0.6) is 0 Å². The zero-order chi connectivity index (χ0) is 16.3. The predicted molar refractivity (Wildman–Crippen MR) is 98.3 cm³/mol. The Morgan fingerprint density at radius 1 is 0.958 bits per heavy atom. The second kappa shape index (κ2) is 4.89. The van der Waals surface area contributed by atoms with E-state index in [2.05, 4.69) is 60.2 Å². The summed E-state index contributed by atoms with van der Waals surface area (Å²) in [5.74, 6) is 0.706. The Morgan fingerprint density at radius 2 is 1.75 bits per heavy atom. The topological polar surface area (TPSA) is 25.8 Å². The van der Waals surface area contributed by atoms with Crippen LogP contribution in [0.25, 0.3) is 22.2 Å². The maximum absolute atomic E-state index is 4.66. The molecule has 2 nitrogen and oxygen atoms in total. The van der Waals surface area contributed by atoms with Crippen LogP contribution in [-0.4, -0.2) is 9.97 Å². The lowest BCUT2D eigenvalue weighted by atomic mass is 9.69. The van der Waals surface area contributed by atoms with Gasteiger partial charge in [0, 0.05) is 16.4 Å². The average Bonchev–Trinajstić information content (AvgIpc) is 3.14. The minimum absolute atomic E-state index is 0.0127. The number of rotatable bonds is 1. The molecule has 2 aliphatic carbocycles. The number of nitrogens with zero attached hydrogens (tertiary/aromatic N) is 2. The normalized spacial score (nSPS) is 18.8. The molecule has 0 unspecified atom stereocenters. The summed E-state index contributed by atoms with van der Waals surface area (Å²) in [7, 11) is 0. The Balaban J connectivity index is 1.87. The molecule has 0 N–H and O–H groups in total. The SMILES string of the molecule is CC1(C)c2ccccc2-c2ncnc3cc(C4CCCC4)cc1c23. The van der Waals surface area contributed by atoms with Gasteiger partial charge in [-0.1, -0.05) is 57.0 Å². The van der Waals surface area contributed by atoms with Crippen LogP contribution in [0.2, 0.25) is 0 Å². The molecule has 5 rings (SSSR count). The fourth-order valence-corrected chi connectivity index (χ4v) is 4.78. The minimum Gasteiger partial charge on any atom is -0.236 e. The van der Waals surface area contributed by atoms with Crippen molar-refractivity contribution in [3.63, 3.8) is 0 Å². The summed E-state index contributed by atoms with van der Waals surface area (Å²) in [6.07, 6.45) is 7.09. The third-order valence-corrected chi connectivity index (χ3v) is 6.12. The van der Waals surface area contributed by atoms with Gasteiger partial charge in [-0.05, 0) is 41.5 Å². The maximum Gasteiger partial charge on any atom is 0.116 e. The Morgan fingerprint density at radius 3 is 2.58 bits per heavy atom. The van der Waals surface area contributed by atoms with E-state index in [0.29, 0.717) is 5.92 Å². The molecule has 0 atom stereocenters. The number of hydrogen-bond donors (Lipinski definition) is 0. The smallest absolute Gasteiger partial charge is 0.116 e. The van der Waals surface area contributed by atoms with Gasteiger partial charge in [0.05, 0.1) is 11.2 Å². The van der Waals surface area contributed by atoms with E-state index in [0.717, 1.165) is 11.2 Å². The highest BCUT2D eigenvalue weighted by Crippen LogP contribution is 2.48. The van der Waals surface area contributed by atoms with Gasteiger partial charge in [0.25, 0.3) is 0 Å². The molecular formula is C22H22N2. The summed E-state index contributed by atoms with van der Waals surface area (Å²) >= 11 is 0. The van der Waals surface area contributed by atoms with Crippen molar-refractivity contribution in [2.45, 2.75) is 50.9 Å². The van der Waals surface area contributed by atoms with Crippen molar-refractivity contribution in [3.8, 4) is 11.3 Å². The molecular weight excluding hydrogens is 292 g/mol. The second-order valence-corrected chi connectivity index (χ2v) is 7.84. The molecule has 1 saturated carbocycles. The van der Waals surface area contributed by atoms with Crippen LogP contribution in [0.15, 0.2) is 42.7 Å². The molecule has 3 aromatic rings. The lowest BCUT2D eigenvalue weighted by Crippen LogP contribution is -2.24. The molecule has 1 fully saturated rings. The summed E-state index contributed by atoms with van der Waals surface area (Å²) in [6.45, 7) is 4.68. The van der Waals surface area contributed by atoms with E-state index in [1.54, 1.807) is 6.33 Å². The van der Waals surface area contributed by atoms with Crippen molar-refractivity contribution in [1.82, 2.24) is 9.97 Å². The molecule has 0 amide bonds. The van der Waals surface area contributed by atoms with Crippen LogP contribution < -0.4 is 0 Å². The van der Waals surface area contributed by atoms with Crippen molar-refractivity contribution < 1.29 is 0 Å². The first-order valence-corrected chi connectivity index (χ1v) is 9.05. The monoisotopic (exact) mass is 314 g/mol. The molecule has 0 radical (unpaired) electrons. The summed E-state index contributed by atoms with van der Waals surface area (Å²) in [4.78, 5) is 9.30. The number of fused-ring (bicyclic) bond motifs is 2. The Bertz CT molecular complexity index is 949. The molecule has 1 aromatic heterocycles. The summed E-state index contributed by atoms with van der Waals surface area (Å²) in [5, 5.41) is 1.25. The zero-order valence-electron chi connectivity index (χ0n) is 14.3. The predicted octanol–water partition coefficient (Wildman–Crippen LogP) is 5.59. The van der Waals surface area contributed by atoms with Gasteiger partial charge in [0.2, 0.25) is 0 Å². The van der Waals surface area contributed by atoms with E-state index in [4.69, 9.17) is 0 Å². The molecule has 1 heterocycles. The van der Waals surface area contributed by atoms with E-state index in [-0.39, 0.29) is 5.41 Å². The van der Waals surface area contributed by atoms with Crippen molar-refractivity contribution in [2.75, 3.05) is 0 Å². The fraction of sp³-hybridized carbons (Fsp3) is 0.364. The highest BCUT2D eigenvalue weighted by molar-refractivity contribution is 5.99. The summed E-state index contributed by atoms with van der Waals surface area (Å²) < 4.78 is 0. The van der Waals surface area contributed by atoms with Gasteiger partial charge in [0.1, 0.15) is 6.33 Å². The van der Waals surface area contributed by atoms with E-state index in [1.807, 2.05) is 0 Å². The number of hydrogen-bond acceptors (Lipinski definition) is 2. The Kier molecular flexibility index (Phi) is 2.88. The highest BCUT2D eigenvalue weighted by atomic mass is 14.8. The van der Waals surface area contributed by atoms with Crippen molar-refractivity contribution in [3.05, 3.63) is 59.4 Å². The lowest BCUT2D eigenvalue weighted by molar-refractivity contribution is 0.638. The summed E-state index contributed by atoms with van der Waals surface area (Å²) in [5.41, 5.74) is 7.71. The largest absolute Gasteiger partial charge is 0.236 e. The third kappa shape index (κ3) is 1.83. The summed E-state index contributed by atoms with van der Waals surface area (Å²) in [6, 6.07) is 13.5. The molecule has 0 saturated heterocycles. The molecule has 0 aliphatic heterocycles. The number of aromatic nitrogens is 2. The van der Waals surface area contributed by atoms with Crippen LogP contribution in [-0.2, 0) is 5.41 Å². The zero-order valence-corrected chi connectivity index (χ0v) is 14.3. The van der Waals surface area contributed by atoms with Crippen LogP contribution in [0.1, 0.15) is 62.1 Å². The fourth-order valence-electron chi connectivity index (χ4n) is 4.78. The van der Waals surface area contributed by atoms with Gasteiger partial charge in [-0.2, -0.15) is 0 Å². The van der Waals surface area contributed by atoms with Gasteiger partial charge in [-0.3, -0.25) is 0 Å². The van der Waals surface area contributed by atoms with Gasteiger partial charge in [0.15, 0.2) is 0 Å². The Hall–Kier alpha value is -2.22. The molecule has 24 heavy (non-hydrogen) atoms. The second-order valence-electron chi connectivity index (χ2n) is 7.84. The van der Waals surface area contributed by atoms with E-state index < -0.39 is 0 Å². The van der Waals surface area contributed by atoms with Crippen LogP contribution in [0.3, 0.4) is 0 Å². The lowest BCUT2D eigenvalue weighted by Gasteiger charge is -2.35. The average molecular weight is 314 g/mol. The standard InChI is InChI=1S/C22H22N2/c1-22(2)17-10-6-5-9-16(17)21-20-18(22)11-15(14-7-3-4-8-14)12-19(20)23-13-24-21/h5-6,9-14H,3-4,7-8H2,1-2H3. The molecule has 0 spiro atoms. The highest BCUT2D eigenvalue weighted by Gasteiger charge is 2.35. The van der Waals surface area contributed by atoms with Gasteiger partial charge < -0.3 is 0 Å². The van der Waals surface area contributed by atoms with Crippen LogP contribution in [0, 0.1) is 0 Å². The third-order valence-electron chi connectivity index (χ3n) is 6.12. The van der Waals surface area contributed by atoms with Crippen molar-refractivity contribution >= 4 is 10.9 Å².